The van der Waals surface area contributed by atoms with Crippen molar-refractivity contribution < 1.29 is 19.4 Å². The average Bonchev–Trinajstić information content (AvgIpc) is 2.36. The second kappa shape index (κ2) is 6.73. The molecule has 1 rings (SSSR count). The summed E-state index contributed by atoms with van der Waals surface area (Å²) in [5.74, 6) is -2.13. The summed E-state index contributed by atoms with van der Waals surface area (Å²) in [5.41, 5.74) is 0. The number of rotatable bonds is 5. The highest BCUT2D eigenvalue weighted by atomic mass is 16.5. The summed E-state index contributed by atoms with van der Waals surface area (Å²) in [6.07, 6.45) is 1.99. The Morgan fingerprint density at radius 1 is 1.39 bits per heavy atom. The maximum absolute atomic E-state index is 12.2. The molecule has 0 aromatic rings. The van der Waals surface area contributed by atoms with E-state index < -0.39 is 17.8 Å². The molecule has 5 heteroatoms. The molecule has 1 heterocycles. The van der Waals surface area contributed by atoms with Crippen molar-refractivity contribution in [3.63, 3.8) is 0 Å². The minimum absolute atomic E-state index is 0.0747. The largest absolute Gasteiger partial charge is 0.481 e. The fourth-order valence-electron chi connectivity index (χ4n) is 2.23. The number of carboxylic acids is 1. The van der Waals surface area contributed by atoms with Crippen LogP contribution in [-0.4, -0.2) is 47.7 Å². The topological polar surface area (TPSA) is 66.8 Å². The molecule has 0 aromatic heterocycles. The lowest BCUT2D eigenvalue weighted by atomic mass is 9.93. The van der Waals surface area contributed by atoms with E-state index in [4.69, 9.17) is 9.84 Å². The van der Waals surface area contributed by atoms with Gasteiger partial charge in [-0.25, -0.2) is 0 Å². The van der Waals surface area contributed by atoms with Gasteiger partial charge in [-0.15, -0.1) is 0 Å². The van der Waals surface area contributed by atoms with E-state index in [1.165, 1.54) is 0 Å². The van der Waals surface area contributed by atoms with Gasteiger partial charge in [0, 0.05) is 25.6 Å². The Balaban J connectivity index is 2.57. The van der Waals surface area contributed by atoms with Crippen molar-refractivity contribution in [1.29, 1.82) is 0 Å². The SMILES string of the molecule is CCOC1CCCN(C(=O)C(C)C(C)C(=O)O)C1. The normalized spacial score (nSPS) is 23.5. The summed E-state index contributed by atoms with van der Waals surface area (Å²) in [5, 5.41) is 8.94. The number of carboxylic acid groups (broad SMARTS) is 1. The Kier molecular flexibility index (Phi) is 5.59. The first-order chi connectivity index (χ1) is 8.47. The van der Waals surface area contributed by atoms with E-state index >= 15 is 0 Å². The molecule has 0 bridgehead atoms. The highest BCUT2D eigenvalue weighted by Gasteiger charge is 2.32. The quantitative estimate of drug-likeness (QED) is 0.807. The van der Waals surface area contributed by atoms with Crippen LogP contribution in [0.4, 0.5) is 0 Å². The van der Waals surface area contributed by atoms with Crippen molar-refractivity contribution in [3.05, 3.63) is 0 Å². The van der Waals surface area contributed by atoms with E-state index in [0.29, 0.717) is 19.7 Å². The van der Waals surface area contributed by atoms with Crippen molar-refractivity contribution in [3.8, 4) is 0 Å². The molecule has 0 aromatic carbocycles. The van der Waals surface area contributed by atoms with Crippen LogP contribution in [0.5, 0.6) is 0 Å². The first-order valence-corrected chi connectivity index (χ1v) is 6.60. The minimum atomic E-state index is -0.922. The number of aliphatic carboxylic acids is 1. The maximum Gasteiger partial charge on any atom is 0.307 e. The molecule has 0 aliphatic carbocycles. The Hall–Kier alpha value is -1.10. The second-order valence-corrected chi connectivity index (χ2v) is 4.92. The fourth-order valence-corrected chi connectivity index (χ4v) is 2.23. The first kappa shape index (κ1) is 15.0. The molecule has 3 unspecified atom stereocenters. The molecule has 0 spiro atoms. The Morgan fingerprint density at radius 2 is 2.06 bits per heavy atom. The molecule has 1 amide bonds. The summed E-state index contributed by atoms with van der Waals surface area (Å²) in [6, 6.07) is 0. The van der Waals surface area contributed by atoms with Gasteiger partial charge in [0.15, 0.2) is 0 Å². The lowest BCUT2D eigenvalue weighted by molar-refractivity contribution is -0.150. The molecule has 104 valence electrons. The average molecular weight is 257 g/mol. The van der Waals surface area contributed by atoms with E-state index in [1.807, 2.05) is 6.92 Å². The third kappa shape index (κ3) is 3.70. The Bertz CT molecular complexity index is 303. The molecule has 0 saturated carbocycles. The molecule has 1 aliphatic heterocycles. The molecule has 5 nitrogen and oxygen atoms in total. The number of amides is 1. The number of likely N-dealkylation sites (tertiary alicyclic amines) is 1. The minimum Gasteiger partial charge on any atom is -0.481 e. The van der Waals surface area contributed by atoms with Crippen molar-refractivity contribution >= 4 is 11.9 Å². The predicted octanol–water partition coefficient (Wildman–Crippen LogP) is 1.37. The van der Waals surface area contributed by atoms with Crippen LogP contribution in [0.2, 0.25) is 0 Å². The van der Waals surface area contributed by atoms with E-state index in [9.17, 15) is 9.59 Å². The van der Waals surface area contributed by atoms with E-state index in [2.05, 4.69) is 0 Å². The van der Waals surface area contributed by atoms with Gasteiger partial charge in [-0.05, 0) is 19.8 Å². The van der Waals surface area contributed by atoms with Crippen molar-refractivity contribution in [2.75, 3.05) is 19.7 Å². The molecule has 1 fully saturated rings. The van der Waals surface area contributed by atoms with E-state index in [1.54, 1.807) is 18.7 Å². The molecular weight excluding hydrogens is 234 g/mol. The van der Waals surface area contributed by atoms with Crippen LogP contribution in [0.25, 0.3) is 0 Å². The van der Waals surface area contributed by atoms with Gasteiger partial charge in [0.1, 0.15) is 0 Å². The lowest BCUT2D eigenvalue weighted by Crippen LogP contribution is -2.46. The maximum atomic E-state index is 12.2. The summed E-state index contributed by atoms with van der Waals surface area (Å²) in [7, 11) is 0. The molecule has 1 N–H and O–H groups in total. The summed E-state index contributed by atoms with van der Waals surface area (Å²) in [6.45, 7) is 7.15. The van der Waals surface area contributed by atoms with Crippen LogP contribution in [-0.2, 0) is 14.3 Å². The lowest BCUT2D eigenvalue weighted by Gasteiger charge is -2.34. The monoisotopic (exact) mass is 257 g/mol. The van der Waals surface area contributed by atoms with Gasteiger partial charge in [-0.1, -0.05) is 13.8 Å². The zero-order valence-corrected chi connectivity index (χ0v) is 11.4. The predicted molar refractivity (Wildman–Crippen MR) is 67.2 cm³/mol. The Morgan fingerprint density at radius 3 is 2.61 bits per heavy atom. The third-order valence-electron chi connectivity index (χ3n) is 3.62. The van der Waals surface area contributed by atoms with Gasteiger partial charge < -0.3 is 14.7 Å². The molecule has 0 radical (unpaired) electrons. The van der Waals surface area contributed by atoms with Gasteiger partial charge in [-0.3, -0.25) is 9.59 Å². The molecular formula is C13H23NO4. The number of ether oxygens (including phenoxy) is 1. The third-order valence-corrected chi connectivity index (χ3v) is 3.62. The van der Waals surface area contributed by atoms with Crippen molar-refractivity contribution in [1.82, 2.24) is 4.90 Å². The summed E-state index contributed by atoms with van der Waals surface area (Å²) in [4.78, 5) is 24.8. The summed E-state index contributed by atoms with van der Waals surface area (Å²) < 4.78 is 5.54. The first-order valence-electron chi connectivity index (χ1n) is 6.60. The smallest absolute Gasteiger partial charge is 0.307 e. The van der Waals surface area contributed by atoms with Crippen LogP contribution < -0.4 is 0 Å². The van der Waals surface area contributed by atoms with Gasteiger partial charge in [0.05, 0.1) is 12.0 Å². The molecule has 18 heavy (non-hydrogen) atoms. The van der Waals surface area contributed by atoms with Crippen molar-refractivity contribution in [2.45, 2.75) is 39.7 Å². The molecule has 1 saturated heterocycles. The van der Waals surface area contributed by atoms with Gasteiger partial charge >= 0.3 is 5.97 Å². The number of carbonyl (C=O) groups excluding carboxylic acids is 1. The van der Waals surface area contributed by atoms with Crippen LogP contribution >= 0.6 is 0 Å². The highest BCUT2D eigenvalue weighted by Crippen LogP contribution is 2.19. The van der Waals surface area contributed by atoms with E-state index in [0.717, 1.165) is 12.8 Å². The van der Waals surface area contributed by atoms with Gasteiger partial charge in [-0.2, -0.15) is 0 Å². The number of hydrogen-bond acceptors (Lipinski definition) is 3. The van der Waals surface area contributed by atoms with Gasteiger partial charge in [0.2, 0.25) is 5.91 Å². The van der Waals surface area contributed by atoms with Crippen LogP contribution in [0.3, 0.4) is 0 Å². The number of hydrogen-bond donors (Lipinski definition) is 1. The number of nitrogens with zero attached hydrogens (tertiary/aromatic N) is 1. The zero-order chi connectivity index (χ0) is 13.7. The standard InChI is InChI=1S/C13H23NO4/c1-4-18-11-6-5-7-14(8-11)12(15)9(2)10(3)13(16)17/h9-11H,4-8H2,1-3H3,(H,16,17). The van der Waals surface area contributed by atoms with Crippen LogP contribution in [0.15, 0.2) is 0 Å². The fraction of sp³-hybridized carbons (Fsp3) is 0.846. The van der Waals surface area contributed by atoms with E-state index in [-0.39, 0.29) is 12.0 Å². The molecule has 3 atom stereocenters. The second-order valence-electron chi connectivity index (χ2n) is 4.92. The van der Waals surface area contributed by atoms with Crippen LogP contribution in [0.1, 0.15) is 33.6 Å². The summed E-state index contributed by atoms with van der Waals surface area (Å²) >= 11 is 0. The van der Waals surface area contributed by atoms with Crippen molar-refractivity contribution in [2.24, 2.45) is 11.8 Å². The zero-order valence-electron chi connectivity index (χ0n) is 11.4. The molecule has 1 aliphatic rings. The van der Waals surface area contributed by atoms with Crippen LogP contribution in [0, 0.1) is 11.8 Å². The Labute approximate surface area is 108 Å². The highest BCUT2D eigenvalue weighted by molar-refractivity contribution is 5.84. The van der Waals surface area contributed by atoms with Gasteiger partial charge in [0.25, 0.3) is 0 Å². The number of piperidine rings is 1. The number of carbonyl (C=O) groups is 2.